The summed E-state index contributed by atoms with van der Waals surface area (Å²) >= 11 is 3.45. The van der Waals surface area contributed by atoms with Crippen LogP contribution in [-0.4, -0.2) is 18.6 Å². The van der Waals surface area contributed by atoms with E-state index in [1.165, 1.54) is 11.1 Å². The molecule has 3 rings (SSSR count). The Bertz CT molecular complexity index is 433. The molecule has 1 heterocycles. The number of fused-ring (bicyclic) bond motifs is 3. The number of morpholine rings is 1. The maximum atomic E-state index is 11.2. The van der Waals surface area contributed by atoms with Crippen LogP contribution >= 0.6 is 15.9 Å². The molecule has 2 atom stereocenters. The normalized spacial score (nSPS) is 28.2. The Morgan fingerprint density at radius 2 is 2.33 bits per heavy atom. The number of amides is 1. The van der Waals surface area contributed by atoms with Crippen molar-refractivity contribution in [3.8, 4) is 0 Å². The number of carbonyl (C=O) groups excluding carboxylic acids is 1. The summed E-state index contributed by atoms with van der Waals surface area (Å²) in [5, 5.41) is 2.97. The molecule has 1 amide bonds. The van der Waals surface area contributed by atoms with Gasteiger partial charge in [0.2, 0.25) is 5.91 Å². The molecule has 1 aromatic rings. The van der Waals surface area contributed by atoms with Crippen molar-refractivity contribution in [3.05, 3.63) is 33.8 Å². The van der Waals surface area contributed by atoms with E-state index in [-0.39, 0.29) is 24.7 Å². The summed E-state index contributed by atoms with van der Waals surface area (Å²) in [6, 6.07) is 6.21. The zero-order chi connectivity index (χ0) is 10.4. The molecule has 1 unspecified atom stereocenters. The van der Waals surface area contributed by atoms with Crippen LogP contribution in [0.5, 0.6) is 0 Å². The Morgan fingerprint density at radius 1 is 1.47 bits per heavy atom. The van der Waals surface area contributed by atoms with Crippen molar-refractivity contribution in [2.45, 2.75) is 18.6 Å². The fraction of sp³-hybridized carbons (Fsp3) is 0.364. The van der Waals surface area contributed by atoms with Crippen LogP contribution < -0.4 is 5.32 Å². The summed E-state index contributed by atoms with van der Waals surface area (Å²) in [6.45, 7) is 0.191. The average Bonchev–Trinajstić information content (AvgIpc) is 2.54. The predicted octanol–water partition coefficient (Wildman–Crippen LogP) is 1.56. The molecule has 1 fully saturated rings. The topological polar surface area (TPSA) is 38.3 Å². The summed E-state index contributed by atoms with van der Waals surface area (Å²) in [6.07, 6.45) is 1.01. The molecule has 4 heteroatoms. The lowest BCUT2D eigenvalue weighted by molar-refractivity contribution is -0.136. The molecule has 3 nitrogen and oxygen atoms in total. The molecule has 1 aliphatic carbocycles. The Labute approximate surface area is 95.9 Å². The molecule has 1 N–H and O–H groups in total. The second kappa shape index (κ2) is 3.32. The average molecular weight is 268 g/mol. The molecule has 1 aromatic carbocycles. The maximum Gasteiger partial charge on any atom is 0.246 e. The second-order valence-electron chi connectivity index (χ2n) is 3.94. The van der Waals surface area contributed by atoms with Gasteiger partial charge >= 0.3 is 0 Å². The Morgan fingerprint density at radius 3 is 3.20 bits per heavy atom. The Kier molecular flexibility index (Phi) is 2.07. The summed E-state index contributed by atoms with van der Waals surface area (Å²) in [5.41, 5.74) is 2.46. The first-order chi connectivity index (χ1) is 7.24. The van der Waals surface area contributed by atoms with E-state index in [4.69, 9.17) is 4.74 Å². The highest BCUT2D eigenvalue weighted by atomic mass is 79.9. The monoisotopic (exact) mass is 267 g/mol. The predicted molar refractivity (Wildman–Crippen MR) is 58.5 cm³/mol. The molecule has 0 aromatic heterocycles. The number of hydrogen-bond acceptors (Lipinski definition) is 2. The van der Waals surface area contributed by atoms with Crippen LogP contribution in [0.1, 0.15) is 17.2 Å². The lowest BCUT2D eigenvalue weighted by Crippen LogP contribution is -2.43. The van der Waals surface area contributed by atoms with Gasteiger partial charge in [-0.25, -0.2) is 0 Å². The van der Waals surface area contributed by atoms with Gasteiger partial charge in [0.05, 0.1) is 12.1 Å². The third-order valence-electron chi connectivity index (χ3n) is 2.98. The molecule has 0 spiro atoms. The van der Waals surface area contributed by atoms with Crippen LogP contribution in [-0.2, 0) is 16.0 Å². The first-order valence-electron chi connectivity index (χ1n) is 4.93. The smallest absolute Gasteiger partial charge is 0.246 e. The van der Waals surface area contributed by atoms with Gasteiger partial charge in [0.15, 0.2) is 0 Å². The van der Waals surface area contributed by atoms with Gasteiger partial charge < -0.3 is 10.1 Å². The first-order valence-corrected chi connectivity index (χ1v) is 5.72. The minimum absolute atomic E-state index is 0.0213. The lowest BCUT2D eigenvalue weighted by Gasteiger charge is -2.27. The molecule has 1 saturated heterocycles. The zero-order valence-electron chi connectivity index (χ0n) is 8.00. The third kappa shape index (κ3) is 1.48. The minimum Gasteiger partial charge on any atom is -0.366 e. The molecular formula is C11H10BrNO2. The Balaban J connectivity index is 2.00. The van der Waals surface area contributed by atoms with Crippen molar-refractivity contribution in [3.63, 3.8) is 0 Å². The van der Waals surface area contributed by atoms with Crippen molar-refractivity contribution < 1.29 is 9.53 Å². The van der Waals surface area contributed by atoms with Crippen LogP contribution in [0, 0.1) is 0 Å². The number of nitrogens with one attached hydrogen (secondary N) is 1. The van der Waals surface area contributed by atoms with Crippen LogP contribution in [0.15, 0.2) is 22.7 Å². The summed E-state index contributed by atoms with van der Waals surface area (Å²) in [7, 11) is 0. The fourth-order valence-electron chi connectivity index (χ4n) is 2.31. The van der Waals surface area contributed by atoms with Crippen LogP contribution in [0.2, 0.25) is 0 Å². The van der Waals surface area contributed by atoms with Gasteiger partial charge in [-0.2, -0.15) is 0 Å². The van der Waals surface area contributed by atoms with Crippen molar-refractivity contribution in [2.24, 2.45) is 0 Å². The quantitative estimate of drug-likeness (QED) is 0.775. The van der Waals surface area contributed by atoms with Gasteiger partial charge in [-0.3, -0.25) is 4.79 Å². The molecule has 15 heavy (non-hydrogen) atoms. The SMILES string of the molecule is O=C1CO[C@@H]2Cc3cc(Br)ccc3C2N1. The molecule has 0 radical (unpaired) electrons. The molecule has 1 aliphatic heterocycles. The summed E-state index contributed by atoms with van der Waals surface area (Å²) in [4.78, 5) is 11.2. The maximum absolute atomic E-state index is 11.2. The lowest BCUT2D eigenvalue weighted by atomic mass is 10.1. The van der Waals surface area contributed by atoms with Gasteiger partial charge in [-0.05, 0) is 23.3 Å². The standard InChI is InChI=1S/C11H10BrNO2/c12-7-1-2-8-6(3-7)4-9-11(8)13-10(14)5-15-9/h1-3,9,11H,4-5H2,(H,13,14)/t9-,11?/m1/s1. The van der Waals surface area contributed by atoms with E-state index in [2.05, 4.69) is 33.4 Å². The van der Waals surface area contributed by atoms with E-state index in [1.54, 1.807) is 0 Å². The summed E-state index contributed by atoms with van der Waals surface area (Å²) in [5.74, 6) is -0.0213. The van der Waals surface area contributed by atoms with Crippen molar-refractivity contribution in [2.75, 3.05) is 6.61 Å². The van der Waals surface area contributed by atoms with Gasteiger partial charge in [-0.1, -0.05) is 22.0 Å². The van der Waals surface area contributed by atoms with Crippen molar-refractivity contribution >= 4 is 21.8 Å². The van der Waals surface area contributed by atoms with E-state index in [0.717, 1.165) is 10.9 Å². The van der Waals surface area contributed by atoms with Crippen molar-refractivity contribution in [1.29, 1.82) is 0 Å². The zero-order valence-corrected chi connectivity index (χ0v) is 9.58. The van der Waals surface area contributed by atoms with Gasteiger partial charge in [-0.15, -0.1) is 0 Å². The fourth-order valence-corrected chi connectivity index (χ4v) is 2.72. The number of halogens is 1. The second-order valence-corrected chi connectivity index (χ2v) is 4.86. The van der Waals surface area contributed by atoms with Gasteiger partial charge in [0.1, 0.15) is 6.61 Å². The van der Waals surface area contributed by atoms with E-state index < -0.39 is 0 Å². The molecule has 2 aliphatic rings. The van der Waals surface area contributed by atoms with Crippen molar-refractivity contribution in [1.82, 2.24) is 5.32 Å². The molecular weight excluding hydrogens is 258 g/mol. The largest absolute Gasteiger partial charge is 0.366 e. The van der Waals surface area contributed by atoms with Crippen LogP contribution in [0.25, 0.3) is 0 Å². The number of benzene rings is 1. The third-order valence-corrected chi connectivity index (χ3v) is 3.47. The minimum atomic E-state index is -0.0213. The van der Waals surface area contributed by atoms with Crippen LogP contribution in [0.4, 0.5) is 0 Å². The van der Waals surface area contributed by atoms with E-state index in [1.807, 2.05) is 6.07 Å². The van der Waals surface area contributed by atoms with E-state index in [0.29, 0.717) is 0 Å². The molecule has 0 saturated carbocycles. The highest BCUT2D eigenvalue weighted by Crippen LogP contribution is 2.36. The highest BCUT2D eigenvalue weighted by molar-refractivity contribution is 9.10. The van der Waals surface area contributed by atoms with E-state index in [9.17, 15) is 4.79 Å². The Hall–Kier alpha value is -0.870. The van der Waals surface area contributed by atoms with Crippen LogP contribution in [0.3, 0.4) is 0 Å². The molecule has 0 bridgehead atoms. The number of ether oxygens (including phenoxy) is 1. The number of carbonyl (C=O) groups is 1. The van der Waals surface area contributed by atoms with Gasteiger partial charge in [0, 0.05) is 10.9 Å². The first kappa shape index (κ1) is 9.36. The summed E-state index contributed by atoms with van der Waals surface area (Å²) < 4.78 is 6.58. The van der Waals surface area contributed by atoms with Gasteiger partial charge in [0.25, 0.3) is 0 Å². The highest BCUT2D eigenvalue weighted by Gasteiger charge is 2.37. The number of rotatable bonds is 0. The van der Waals surface area contributed by atoms with E-state index >= 15 is 0 Å². The number of hydrogen-bond donors (Lipinski definition) is 1. The molecule has 78 valence electrons.